The highest BCUT2D eigenvalue weighted by Gasteiger charge is 2.22. The number of anilines is 1. The lowest BCUT2D eigenvalue weighted by Gasteiger charge is -2.06. The van der Waals surface area contributed by atoms with Crippen LogP contribution in [-0.2, 0) is 16.0 Å². The fourth-order valence-corrected chi connectivity index (χ4v) is 1.67. The lowest BCUT2D eigenvalue weighted by molar-refractivity contribution is -0.120. The molecule has 2 N–H and O–H groups in total. The molecule has 5 nitrogen and oxygen atoms in total. The monoisotopic (exact) mass is 257 g/mol. The van der Waals surface area contributed by atoms with E-state index in [-0.39, 0.29) is 18.2 Å². The van der Waals surface area contributed by atoms with Gasteiger partial charge in [-0.3, -0.25) is 9.59 Å². The Balaban J connectivity index is 1.85. The molecular weight excluding hydrogens is 242 g/mol. The van der Waals surface area contributed by atoms with Crippen LogP contribution in [0.4, 0.5) is 5.69 Å². The maximum atomic E-state index is 11.6. The Morgan fingerprint density at radius 3 is 2.47 bits per heavy atom. The molecule has 5 heteroatoms. The molecule has 0 atom stereocenters. The van der Waals surface area contributed by atoms with Gasteiger partial charge in [0.2, 0.25) is 11.8 Å². The number of hydrogen-bond donors (Lipinski definition) is 2. The van der Waals surface area contributed by atoms with Gasteiger partial charge in [0.05, 0.1) is 12.5 Å². The fourth-order valence-electron chi connectivity index (χ4n) is 1.67. The van der Waals surface area contributed by atoms with Crippen molar-refractivity contribution in [2.75, 3.05) is 5.32 Å². The molecule has 0 aliphatic heterocycles. The number of hydrogen-bond acceptors (Lipinski definition) is 3. The third kappa shape index (κ3) is 4.43. The van der Waals surface area contributed by atoms with E-state index in [9.17, 15) is 9.59 Å². The zero-order valence-electron chi connectivity index (χ0n) is 10.5. The highest BCUT2D eigenvalue weighted by molar-refractivity contribution is 5.92. The standard InChI is InChI=1S/C14H15N3O2/c15-8-7-13(18)16-11-3-1-10(2-4-11)9-14(19)17-12-5-6-12/h1-4,12H,5-7,9H2,(H,16,18)(H,17,19). The van der Waals surface area contributed by atoms with Crippen LogP contribution in [-0.4, -0.2) is 17.9 Å². The van der Waals surface area contributed by atoms with Gasteiger partial charge in [-0.1, -0.05) is 12.1 Å². The minimum atomic E-state index is -0.332. The number of carbonyl (C=O) groups excluding carboxylic acids is 2. The average Bonchev–Trinajstić information content (AvgIpc) is 3.16. The first-order valence-corrected chi connectivity index (χ1v) is 6.22. The first-order valence-electron chi connectivity index (χ1n) is 6.22. The van der Waals surface area contributed by atoms with Crippen LogP contribution < -0.4 is 10.6 Å². The predicted molar refractivity (Wildman–Crippen MR) is 70.2 cm³/mol. The number of carbonyl (C=O) groups is 2. The Bertz CT molecular complexity index is 512. The van der Waals surface area contributed by atoms with Crippen LogP contribution in [0.2, 0.25) is 0 Å². The molecule has 0 saturated heterocycles. The first-order chi connectivity index (χ1) is 9.17. The topological polar surface area (TPSA) is 82.0 Å². The largest absolute Gasteiger partial charge is 0.353 e. The third-order valence-corrected chi connectivity index (χ3v) is 2.78. The van der Waals surface area contributed by atoms with Crippen molar-refractivity contribution in [3.8, 4) is 6.07 Å². The molecule has 1 saturated carbocycles. The molecule has 0 heterocycles. The molecule has 0 bridgehead atoms. The van der Waals surface area contributed by atoms with Crippen molar-refractivity contribution in [1.29, 1.82) is 5.26 Å². The molecule has 1 aromatic rings. The molecule has 1 aliphatic rings. The van der Waals surface area contributed by atoms with Crippen molar-refractivity contribution >= 4 is 17.5 Å². The zero-order valence-corrected chi connectivity index (χ0v) is 10.5. The van der Waals surface area contributed by atoms with Gasteiger partial charge in [0.25, 0.3) is 0 Å². The van der Waals surface area contributed by atoms with E-state index < -0.39 is 0 Å². The summed E-state index contributed by atoms with van der Waals surface area (Å²) in [5.74, 6) is -0.300. The van der Waals surface area contributed by atoms with Gasteiger partial charge in [0.1, 0.15) is 6.42 Å². The van der Waals surface area contributed by atoms with E-state index in [0.717, 1.165) is 18.4 Å². The number of nitrogens with one attached hydrogen (secondary N) is 2. The highest BCUT2D eigenvalue weighted by atomic mass is 16.2. The van der Waals surface area contributed by atoms with Crippen molar-refractivity contribution in [2.45, 2.75) is 31.7 Å². The molecule has 0 aromatic heterocycles. The van der Waals surface area contributed by atoms with Gasteiger partial charge in [-0.05, 0) is 30.5 Å². The molecule has 1 fully saturated rings. The molecule has 0 unspecified atom stereocenters. The van der Waals surface area contributed by atoms with Crippen LogP contribution >= 0.6 is 0 Å². The van der Waals surface area contributed by atoms with Crippen LogP contribution in [0.25, 0.3) is 0 Å². The van der Waals surface area contributed by atoms with E-state index in [1.165, 1.54) is 0 Å². The Kier molecular flexibility index (Phi) is 4.14. The minimum Gasteiger partial charge on any atom is -0.353 e. The van der Waals surface area contributed by atoms with Crippen LogP contribution in [0.1, 0.15) is 24.8 Å². The van der Waals surface area contributed by atoms with Crippen molar-refractivity contribution in [1.82, 2.24) is 5.32 Å². The summed E-state index contributed by atoms with van der Waals surface area (Å²) in [5.41, 5.74) is 1.53. The second-order valence-electron chi connectivity index (χ2n) is 4.60. The van der Waals surface area contributed by atoms with E-state index in [2.05, 4.69) is 10.6 Å². The fraction of sp³-hybridized carbons (Fsp3) is 0.357. The molecule has 19 heavy (non-hydrogen) atoms. The number of benzene rings is 1. The summed E-state index contributed by atoms with van der Waals surface area (Å²) in [6.45, 7) is 0. The predicted octanol–water partition coefficient (Wildman–Crippen LogP) is 1.36. The first kappa shape index (κ1) is 13.1. The second-order valence-corrected chi connectivity index (χ2v) is 4.60. The van der Waals surface area contributed by atoms with Gasteiger partial charge in [-0.15, -0.1) is 0 Å². The summed E-state index contributed by atoms with van der Waals surface area (Å²) < 4.78 is 0. The summed E-state index contributed by atoms with van der Waals surface area (Å²) in [7, 11) is 0. The van der Waals surface area contributed by atoms with Gasteiger partial charge in [0, 0.05) is 11.7 Å². The third-order valence-electron chi connectivity index (χ3n) is 2.78. The number of nitrogens with zero attached hydrogens (tertiary/aromatic N) is 1. The van der Waals surface area contributed by atoms with Gasteiger partial charge < -0.3 is 10.6 Å². The number of rotatable bonds is 5. The van der Waals surface area contributed by atoms with Gasteiger partial charge in [-0.2, -0.15) is 5.26 Å². The number of nitriles is 1. The summed E-state index contributed by atoms with van der Waals surface area (Å²) in [6, 6.07) is 9.22. The van der Waals surface area contributed by atoms with Crippen LogP contribution in [0.15, 0.2) is 24.3 Å². The van der Waals surface area contributed by atoms with Crippen molar-refractivity contribution in [3.05, 3.63) is 29.8 Å². The lowest BCUT2D eigenvalue weighted by atomic mass is 10.1. The lowest BCUT2D eigenvalue weighted by Crippen LogP contribution is -2.26. The van der Waals surface area contributed by atoms with Gasteiger partial charge >= 0.3 is 0 Å². The SMILES string of the molecule is N#CCC(=O)Nc1ccc(CC(=O)NC2CC2)cc1. The van der Waals surface area contributed by atoms with Crippen LogP contribution in [0.5, 0.6) is 0 Å². The Labute approximate surface area is 111 Å². The molecular formula is C14H15N3O2. The Hall–Kier alpha value is -2.35. The molecule has 98 valence electrons. The maximum Gasteiger partial charge on any atom is 0.238 e. The van der Waals surface area contributed by atoms with Crippen LogP contribution in [0.3, 0.4) is 0 Å². The molecule has 2 amide bonds. The molecule has 0 radical (unpaired) electrons. The Morgan fingerprint density at radius 1 is 1.21 bits per heavy atom. The van der Waals surface area contributed by atoms with E-state index in [4.69, 9.17) is 5.26 Å². The average molecular weight is 257 g/mol. The normalized spacial score (nSPS) is 13.4. The molecule has 1 aromatic carbocycles. The molecule has 2 rings (SSSR count). The maximum absolute atomic E-state index is 11.6. The number of amides is 2. The van der Waals surface area contributed by atoms with Crippen molar-refractivity contribution in [3.63, 3.8) is 0 Å². The van der Waals surface area contributed by atoms with E-state index in [1.54, 1.807) is 30.3 Å². The van der Waals surface area contributed by atoms with Gasteiger partial charge in [0.15, 0.2) is 0 Å². The Morgan fingerprint density at radius 2 is 1.89 bits per heavy atom. The van der Waals surface area contributed by atoms with Crippen LogP contribution in [0, 0.1) is 11.3 Å². The second kappa shape index (κ2) is 6.01. The smallest absolute Gasteiger partial charge is 0.238 e. The minimum absolute atomic E-state index is 0.0313. The molecule has 1 aliphatic carbocycles. The highest BCUT2D eigenvalue weighted by Crippen LogP contribution is 2.19. The van der Waals surface area contributed by atoms with Gasteiger partial charge in [-0.25, -0.2) is 0 Å². The molecule has 0 spiro atoms. The summed E-state index contributed by atoms with van der Waals surface area (Å²) in [6.07, 6.45) is 2.35. The zero-order chi connectivity index (χ0) is 13.7. The summed E-state index contributed by atoms with van der Waals surface area (Å²) >= 11 is 0. The van der Waals surface area contributed by atoms with E-state index >= 15 is 0 Å². The van der Waals surface area contributed by atoms with Crippen molar-refractivity contribution in [2.24, 2.45) is 0 Å². The quantitative estimate of drug-likeness (QED) is 0.835. The summed E-state index contributed by atoms with van der Waals surface area (Å²) in [4.78, 5) is 22.8. The van der Waals surface area contributed by atoms with E-state index in [0.29, 0.717) is 18.2 Å². The van der Waals surface area contributed by atoms with Crippen molar-refractivity contribution < 1.29 is 9.59 Å². The summed E-state index contributed by atoms with van der Waals surface area (Å²) in [5, 5.41) is 13.9. The van der Waals surface area contributed by atoms with E-state index in [1.807, 2.05) is 0 Å².